The zero-order valence-corrected chi connectivity index (χ0v) is 10.7. The van der Waals surface area contributed by atoms with Gasteiger partial charge in [0.15, 0.2) is 5.82 Å². The summed E-state index contributed by atoms with van der Waals surface area (Å²) in [6.45, 7) is 0. The number of aromatic hydroxyl groups is 1. The highest BCUT2D eigenvalue weighted by Gasteiger charge is 2.14. The Kier molecular flexibility index (Phi) is 3.19. The van der Waals surface area contributed by atoms with Crippen LogP contribution >= 0.6 is 0 Å². The lowest BCUT2D eigenvalue weighted by Crippen LogP contribution is -2.12. The molecule has 0 saturated heterocycles. The van der Waals surface area contributed by atoms with E-state index >= 15 is 0 Å². The van der Waals surface area contributed by atoms with E-state index in [1.165, 1.54) is 18.2 Å². The minimum atomic E-state index is -0.561. The molecule has 0 fully saturated rings. The summed E-state index contributed by atoms with van der Waals surface area (Å²) in [6, 6.07) is 10.5. The summed E-state index contributed by atoms with van der Waals surface area (Å²) in [6.07, 6.45) is 1.55. The van der Waals surface area contributed by atoms with Gasteiger partial charge in [-0.3, -0.25) is 9.78 Å². The van der Waals surface area contributed by atoms with Crippen LogP contribution in [0.5, 0.6) is 5.88 Å². The van der Waals surface area contributed by atoms with Crippen LogP contribution in [0.2, 0.25) is 0 Å². The van der Waals surface area contributed by atoms with Crippen LogP contribution in [0, 0.1) is 5.82 Å². The molecule has 6 heteroatoms. The fraction of sp³-hybridized carbons (Fsp3) is 0. The van der Waals surface area contributed by atoms with Crippen LogP contribution in [-0.2, 0) is 0 Å². The van der Waals surface area contributed by atoms with Gasteiger partial charge in [0.25, 0.3) is 5.56 Å². The smallest absolute Gasteiger partial charge is 0.262 e. The number of pyridine rings is 1. The van der Waals surface area contributed by atoms with Crippen molar-refractivity contribution in [2.24, 2.45) is 0 Å². The van der Waals surface area contributed by atoms with Gasteiger partial charge in [0.2, 0.25) is 5.88 Å². The molecular formula is C15H10FN3O2. The molecule has 0 spiro atoms. The SMILES string of the molecule is O=c1[nH]c(-c2ccccn2)nc(O)c1-c1cccc(F)c1. The number of benzene rings is 1. The van der Waals surface area contributed by atoms with Crippen LogP contribution in [0.15, 0.2) is 53.5 Å². The normalized spacial score (nSPS) is 10.5. The molecule has 0 unspecified atom stereocenters. The number of nitrogens with one attached hydrogen (secondary N) is 1. The molecule has 2 N–H and O–H groups in total. The predicted octanol–water partition coefficient (Wildman–Crippen LogP) is 2.34. The molecular weight excluding hydrogens is 273 g/mol. The highest BCUT2D eigenvalue weighted by molar-refractivity contribution is 5.68. The van der Waals surface area contributed by atoms with Gasteiger partial charge < -0.3 is 10.1 Å². The standard InChI is InChI=1S/C15H10FN3O2/c16-10-5-3-4-9(8-10)12-14(20)18-13(19-15(12)21)11-6-1-2-7-17-11/h1-8H,(H2,18,19,20,21). The Morgan fingerprint density at radius 1 is 1.14 bits per heavy atom. The number of hydrogen-bond acceptors (Lipinski definition) is 4. The van der Waals surface area contributed by atoms with E-state index in [1.807, 2.05) is 0 Å². The van der Waals surface area contributed by atoms with E-state index in [4.69, 9.17) is 0 Å². The van der Waals surface area contributed by atoms with Crippen LogP contribution in [0.1, 0.15) is 0 Å². The summed E-state index contributed by atoms with van der Waals surface area (Å²) in [5.41, 5.74) is 0.0486. The minimum absolute atomic E-state index is 0.0748. The Morgan fingerprint density at radius 2 is 2.00 bits per heavy atom. The molecule has 5 nitrogen and oxygen atoms in total. The van der Waals surface area contributed by atoms with E-state index in [0.717, 1.165) is 6.07 Å². The maximum atomic E-state index is 13.2. The third kappa shape index (κ3) is 2.51. The molecule has 2 heterocycles. The van der Waals surface area contributed by atoms with Gasteiger partial charge in [-0.1, -0.05) is 18.2 Å². The number of H-pyrrole nitrogens is 1. The van der Waals surface area contributed by atoms with Crippen molar-refractivity contribution in [2.45, 2.75) is 0 Å². The fourth-order valence-electron chi connectivity index (χ4n) is 1.99. The number of nitrogens with zero attached hydrogens (tertiary/aromatic N) is 2. The van der Waals surface area contributed by atoms with Crippen molar-refractivity contribution in [3.05, 3.63) is 64.8 Å². The molecule has 0 amide bonds. The Morgan fingerprint density at radius 3 is 2.67 bits per heavy atom. The molecule has 0 atom stereocenters. The molecule has 2 aromatic heterocycles. The summed E-state index contributed by atoms with van der Waals surface area (Å²) < 4.78 is 13.2. The Balaban J connectivity index is 2.16. The number of hydrogen-bond donors (Lipinski definition) is 2. The number of rotatable bonds is 2. The highest BCUT2D eigenvalue weighted by atomic mass is 19.1. The number of halogens is 1. The summed E-state index contributed by atoms with van der Waals surface area (Å²) in [5.74, 6) is -0.816. The first-order chi connectivity index (χ1) is 10.1. The van der Waals surface area contributed by atoms with Crippen molar-refractivity contribution >= 4 is 0 Å². The van der Waals surface area contributed by atoms with E-state index in [1.54, 1.807) is 24.4 Å². The third-order valence-corrected chi connectivity index (χ3v) is 2.92. The van der Waals surface area contributed by atoms with Crippen LogP contribution < -0.4 is 5.56 Å². The lowest BCUT2D eigenvalue weighted by Gasteiger charge is -2.06. The average Bonchev–Trinajstić information content (AvgIpc) is 2.47. The van der Waals surface area contributed by atoms with Gasteiger partial charge in [0, 0.05) is 6.20 Å². The molecule has 104 valence electrons. The maximum absolute atomic E-state index is 13.2. The molecule has 0 radical (unpaired) electrons. The second-order valence-corrected chi connectivity index (χ2v) is 4.34. The van der Waals surface area contributed by atoms with Crippen molar-refractivity contribution in [2.75, 3.05) is 0 Å². The van der Waals surface area contributed by atoms with Gasteiger partial charge in [0.1, 0.15) is 17.1 Å². The summed E-state index contributed by atoms with van der Waals surface area (Å²) >= 11 is 0. The lowest BCUT2D eigenvalue weighted by atomic mass is 10.1. The topological polar surface area (TPSA) is 78.9 Å². The largest absolute Gasteiger partial charge is 0.493 e. The van der Waals surface area contributed by atoms with Gasteiger partial charge in [0.05, 0.1) is 0 Å². The van der Waals surface area contributed by atoms with Crippen LogP contribution in [-0.4, -0.2) is 20.1 Å². The number of aromatic amines is 1. The monoisotopic (exact) mass is 283 g/mol. The molecule has 1 aromatic carbocycles. The Hall–Kier alpha value is -3.02. The highest BCUT2D eigenvalue weighted by Crippen LogP contribution is 2.25. The molecule has 0 saturated carbocycles. The quantitative estimate of drug-likeness (QED) is 0.756. The average molecular weight is 283 g/mol. The first-order valence-electron chi connectivity index (χ1n) is 6.16. The Labute approximate surface area is 118 Å². The van der Waals surface area contributed by atoms with Crippen molar-refractivity contribution in [3.8, 4) is 28.5 Å². The maximum Gasteiger partial charge on any atom is 0.262 e. The van der Waals surface area contributed by atoms with E-state index in [-0.39, 0.29) is 17.0 Å². The lowest BCUT2D eigenvalue weighted by molar-refractivity contribution is 0.454. The molecule has 0 aliphatic carbocycles. The minimum Gasteiger partial charge on any atom is -0.493 e. The van der Waals surface area contributed by atoms with Gasteiger partial charge in [-0.25, -0.2) is 4.39 Å². The van der Waals surface area contributed by atoms with Gasteiger partial charge in [-0.2, -0.15) is 4.98 Å². The first kappa shape index (κ1) is 13.0. The Bertz CT molecular complexity index is 847. The predicted molar refractivity (Wildman–Crippen MR) is 75.1 cm³/mol. The van der Waals surface area contributed by atoms with Crippen LogP contribution in [0.4, 0.5) is 4.39 Å². The van der Waals surface area contributed by atoms with Crippen LogP contribution in [0.25, 0.3) is 22.6 Å². The van der Waals surface area contributed by atoms with Gasteiger partial charge in [-0.05, 0) is 29.8 Å². The van der Waals surface area contributed by atoms with E-state index in [9.17, 15) is 14.3 Å². The second-order valence-electron chi connectivity index (χ2n) is 4.34. The van der Waals surface area contributed by atoms with Crippen molar-refractivity contribution < 1.29 is 9.50 Å². The third-order valence-electron chi connectivity index (χ3n) is 2.92. The molecule has 0 aliphatic heterocycles. The first-order valence-corrected chi connectivity index (χ1v) is 6.16. The van der Waals surface area contributed by atoms with Crippen LogP contribution in [0.3, 0.4) is 0 Å². The molecule has 21 heavy (non-hydrogen) atoms. The summed E-state index contributed by atoms with van der Waals surface area (Å²) in [5, 5.41) is 10.00. The zero-order valence-electron chi connectivity index (χ0n) is 10.7. The molecule has 0 bridgehead atoms. The molecule has 3 rings (SSSR count). The molecule has 3 aromatic rings. The van der Waals surface area contributed by atoms with Crippen molar-refractivity contribution in [3.63, 3.8) is 0 Å². The van der Waals surface area contributed by atoms with Crippen molar-refractivity contribution in [1.29, 1.82) is 0 Å². The number of aromatic nitrogens is 3. The van der Waals surface area contributed by atoms with Gasteiger partial charge >= 0.3 is 0 Å². The fourth-order valence-corrected chi connectivity index (χ4v) is 1.99. The van der Waals surface area contributed by atoms with E-state index in [2.05, 4.69) is 15.0 Å². The summed E-state index contributed by atoms with van der Waals surface area (Å²) in [4.78, 5) is 22.6. The molecule has 0 aliphatic rings. The van der Waals surface area contributed by atoms with Crippen molar-refractivity contribution in [1.82, 2.24) is 15.0 Å². The second kappa shape index (κ2) is 5.16. The van der Waals surface area contributed by atoms with Gasteiger partial charge in [-0.15, -0.1) is 0 Å². The van der Waals surface area contributed by atoms with E-state index < -0.39 is 17.3 Å². The van der Waals surface area contributed by atoms with E-state index in [0.29, 0.717) is 5.69 Å². The summed E-state index contributed by atoms with van der Waals surface area (Å²) in [7, 11) is 0. The zero-order chi connectivity index (χ0) is 14.8.